The summed E-state index contributed by atoms with van der Waals surface area (Å²) in [7, 11) is 1.59. The highest BCUT2D eigenvalue weighted by Gasteiger charge is 2.32. The van der Waals surface area contributed by atoms with Crippen molar-refractivity contribution in [3.8, 4) is 11.5 Å². The third-order valence-electron chi connectivity index (χ3n) is 9.54. The first-order valence-corrected chi connectivity index (χ1v) is 18.1. The Morgan fingerprint density at radius 2 is 1.68 bits per heavy atom. The molecule has 3 aromatic carbocycles. The van der Waals surface area contributed by atoms with Gasteiger partial charge in [-0.15, -0.1) is 0 Å². The number of carbonyl (C=O) groups excluding carboxylic acids is 3. The van der Waals surface area contributed by atoms with Crippen LogP contribution in [0.5, 0.6) is 11.5 Å². The van der Waals surface area contributed by atoms with Crippen molar-refractivity contribution in [1.29, 1.82) is 0 Å². The summed E-state index contributed by atoms with van der Waals surface area (Å²) in [6, 6.07) is 15.3. The molecule has 0 spiro atoms. The van der Waals surface area contributed by atoms with E-state index < -0.39 is 0 Å². The molecule has 2 saturated heterocycles. The third kappa shape index (κ3) is 8.66. The molecule has 2 amide bonds. The molecule has 12 heteroatoms. The predicted octanol–water partition coefficient (Wildman–Crippen LogP) is 6.75. The number of rotatable bonds is 14. The monoisotopic (exact) mass is 719 g/mol. The normalized spacial score (nSPS) is 17.6. The number of hydrogen-bond donors (Lipinski definition) is 1. The zero-order chi connectivity index (χ0) is 35.0. The molecule has 0 bridgehead atoms. The van der Waals surface area contributed by atoms with Crippen LogP contribution in [0.2, 0.25) is 10.0 Å². The molecular formula is C38H43Cl2N5O5. The minimum Gasteiger partial charge on any atom is -0.493 e. The summed E-state index contributed by atoms with van der Waals surface area (Å²) in [5.74, 6) is 0.697. The van der Waals surface area contributed by atoms with E-state index in [1.807, 2.05) is 17.2 Å². The van der Waals surface area contributed by atoms with Crippen molar-refractivity contribution in [2.75, 3.05) is 64.8 Å². The summed E-state index contributed by atoms with van der Waals surface area (Å²) < 4.78 is 11.7. The van der Waals surface area contributed by atoms with Crippen LogP contribution in [0.15, 0.2) is 59.6 Å². The second-order valence-electron chi connectivity index (χ2n) is 12.9. The van der Waals surface area contributed by atoms with Gasteiger partial charge in [0.25, 0.3) is 5.91 Å². The molecule has 0 aliphatic carbocycles. The summed E-state index contributed by atoms with van der Waals surface area (Å²) in [5, 5.41) is 3.66. The third-order valence-corrected chi connectivity index (χ3v) is 10.1. The van der Waals surface area contributed by atoms with Gasteiger partial charge in [-0.1, -0.05) is 48.2 Å². The zero-order valence-corrected chi connectivity index (χ0v) is 29.8. The fraction of sp³-hybridized carbons (Fsp3) is 0.421. The van der Waals surface area contributed by atoms with Gasteiger partial charge in [0.15, 0.2) is 17.3 Å². The van der Waals surface area contributed by atoms with Gasteiger partial charge >= 0.3 is 0 Å². The highest BCUT2D eigenvalue weighted by atomic mass is 35.5. The number of anilines is 1. The molecule has 1 atom stereocenters. The number of nitrogens with zero attached hydrogens (tertiary/aromatic N) is 4. The van der Waals surface area contributed by atoms with Crippen LogP contribution in [0, 0.1) is 0 Å². The summed E-state index contributed by atoms with van der Waals surface area (Å²) in [6.07, 6.45) is 7.99. The van der Waals surface area contributed by atoms with Crippen molar-refractivity contribution in [3.63, 3.8) is 0 Å². The van der Waals surface area contributed by atoms with E-state index in [1.54, 1.807) is 55.6 Å². The molecule has 2 fully saturated rings. The van der Waals surface area contributed by atoms with Gasteiger partial charge in [-0.25, -0.2) is 0 Å². The Hall–Kier alpha value is -3.96. The largest absolute Gasteiger partial charge is 0.493 e. The van der Waals surface area contributed by atoms with Crippen LogP contribution in [-0.4, -0.2) is 104 Å². The molecule has 0 radical (unpaired) electrons. The standard InChI is InChI=1S/C38H43Cl2N5O5/c1-49-34-22-30-33(41-24-27-9-8-15-45(27)38(30)48)23-35(34)50-20-7-3-2-6-14-43-16-18-44(19-17-43)25-36(46)42-32-13-12-26(39)21-29(32)37(47)28-10-4-5-11-31(28)40/h4-5,10-13,21-24,27H,2-3,6-9,14-20,25H2,1H3,(H,42,46)/t27-/m0/s1. The van der Waals surface area contributed by atoms with Gasteiger partial charge in [0.2, 0.25) is 5.91 Å². The van der Waals surface area contributed by atoms with Crippen molar-refractivity contribution in [2.45, 2.75) is 44.6 Å². The Labute approximate surface area is 303 Å². The maximum atomic E-state index is 13.2. The molecule has 3 aliphatic heterocycles. The van der Waals surface area contributed by atoms with Crippen LogP contribution in [-0.2, 0) is 4.79 Å². The van der Waals surface area contributed by atoms with E-state index in [-0.39, 0.29) is 30.2 Å². The van der Waals surface area contributed by atoms with Crippen molar-refractivity contribution < 1.29 is 23.9 Å². The summed E-state index contributed by atoms with van der Waals surface area (Å²) in [6.45, 7) is 5.97. The minimum absolute atomic E-state index is 0.00399. The molecule has 3 aromatic rings. The van der Waals surface area contributed by atoms with Crippen LogP contribution in [0.3, 0.4) is 0 Å². The number of halogens is 2. The van der Waals surface area contributed by atoms with Crippen LogP contribution < -0.4 is 14.8 Å². The molecule has 50 heavy (non-hydrogen) atoms. The lowest BCUT2D eigenvalue weighted by Crippen LogP contribution is -2.48. The number of methoxy groups -OCH3 is 1. The van der Waals surface area contributed by atoms with Crippen molar-refractivity contribution in [3.05, 3.63) is 81.3 Å². The van der Waals surface area contributed by atoms with E-state index in [0.29, 0.717) is 56.2 Å². The molecule has 0 aromatic heterocycles. The fourth-order valence-corrected chi connectivity index (χ4v) is 7.15. The van der Waals surface area contributed by atoms with Crippen molar-refractivity contribution in [2.24, 2.45) is 4.99 Å². The second-order valence-corrected chi connectivity index (χ2v) is 13.8. The quantitative estimate of drug-likeness (QED) is 0.145. The van der Waals surface area contributed by atoms with E-state index in [1.165, 1.54) is 0 Å². The van der Waals surface area contributed by atoms with Gasteiger partial charge in [0.1, 0.15) is 0 Å². The van der Waals surface area contributed by atoms with Gasteiger partial charge < -0.3 is 24.6 Å². The average molecular weight is 721 g/mol. The van der Waals surface area contributed by atoms with Gasteiger partial charge in [-0.2, -0.15) is 0 Å². The molecule has 10 nitrogen and oxygen atoms in total. The summed E-state index contributed by atoms with van der Waals surface area (Å²) in [4.78, 5) is 50.4. The van der Waals surface area contributed by atoms with E-state index in [0.717, 1.165) is 77.8 Å². The van der Waals surface area contributed by atoms with Crippen LogP contribution in [0.1, 0.15) is 64.8 Å². The summed E-state index contributed by atoms with van der Waals surface area (Å²) in [5.41, 5.74) is 2.27. The molecule has 1 N–H and O–H groups in total. The van der Waals surface area contributed by atoms with E-state index >= 15 is 0 Å². The maximum absolute atomic E-state index is 13.2. The van der Waals surface area contributed by atoms with Crippen LogP contribution >= 0.6 is 23.2 Å². The van der Waals surface area contributed by atoms with Crippen molar-refractivity contribution in [1.82, 2.24) is 14.7 Å². The van der Waals surface area contributed by atoms with E-state index in [2.05, 4.69) is 20.1 Å². The Morgan fingerprint density at radius 1 is 0.900 bits per heavy atom. The highest BCUT2D eigenvalue weighted by Crippen LogP contribution is 2.38. The average Bonchev–Trinajstić information content (AvgIpc) is 3.55. The Bertz CT molecular complexity index is 1740. The predicted molar refractivity (Wildman–Crippen MR) is 197 cm³/mol. The Morgan fingerprint density at radius 3 is 2.48 bits per heavy atom. The van der Waals surface area contributed by atoms with Gasteiger partial charge in [-0.05, 0) is 68.6 Å². The van der Waals surface area contributed by atoms with Crippen LogP contribution in [0.25, 0.3) is 0 Å². The number of piperazine rings is 1. The molecular weight excluding hydrogens is 677 g/mol. The molecule has 6 rings (SSSR count). The van der Waals surface area contributed by atoms with E-state index in [9.17, 15) is 14.4 Å². The first-order chi connectivity index (χ1) is 24.3. The zero-order valence-electron chi connectivity index (χ0n) is 28.3. The number of aliphatic imine (C=N–C) groups is 1. The Balaban J connectivity index is 0.888. The van der Waals surface area contributed by atoms with E-state index in [4.69, 9.17) is 32.7 Å². The number of carbonyl (C=O) groups is 3. The molecule has 264 valence electrons. The number of fused-ring (bicyclic) bond motifs is 2. The van der Waals surface area contributed by atoms with Crippen molar-refractivity contribution >= 4 is 58.4 Å². The number of benzene rings is 3. The van der Waals surface area contributed by atoms with Crippen LogP contribution in [0.4, 0.5) is 11.4 Å². The maximum Gasteiger partial charge on any atom is 0.256 e. The van der Waals surface area contributed by atoms with Gasteiger partial charge in [0, 0.05) is 61.2 Å². The number of nitrogens with one attached hydrogen (secondary N) is 1. The number of amides is 2. The first kappa shape index (κ1) is 35.9. The van der Waals surface area contributed by atoms with Gasteiger partial charge in [-0.3, -0.25) is 24.3 Å². The number of ether oxygens (including phenoxy) is 2. The Kier molecular flexibility index (Phi) is 12.1. The molecule has 3 aliphatic rings. The lowest BCUT2D eigenvalue weighted by atomic mass is 10.0. The second kappa shape index (κ2) is 16.8. The first-order valence-electron chi connectivity index (χ1n) is 17.3. The number of ketones is 1. The molecule has 0 unspecified atom stereocenters. The highest BCUT2D eigenvalue weighted by molar-refractivity contribution is 6.36. The molecule has 0 saturated carbocycles. The fourth-order valence-electron chi connectivity index (χ4n) is 6.76. The lowest BCUT2D eigenvalue weighted by molar-refractivity contribution is -0.117. The molecule has 3 heterocycles. The smallest absolute Gasteiger partial charge is 0.256 e. The lowest BCUT2D eigenvalue weighted by Gasteiger charge is -2.34. The number of hydrogen-bond acceptors (Lipinski definition) is 8. The van der Waals surface area contributed by atoms with Gasteiger partial charge in [0.05, 0.1) is 48.3 Å². The SMILES string of the molecule is COc1cc2c(cc1OCCCCCCN1CCN(CC(=O)Nc3ccc(Cl)cc3C(=O)c3ccccc3Cl)CC1)N=C[C@@H]1CCCN1C2=O. The summed E-state index contributed by atoms with van der Waals surface area (Å²) >= 11 is 12.5. The minimum atomic E-state index is -0.298. The number of unbranched alkanes of at least 4 members (excludes halogenated alkanes) is 3. The topological polar surface area (TPSA) is 104 Å².